The minimum Gasteiger partial charge on any atom is -0.497 e. The molecule has 4 rings (SSSR count). The first-order valence-electron chi connectivity index (χ1n) is 13.2. The van der Waals surface area contributed by atoms with Gasteiger partial charge in [0.05, 0.1) is 40.3 Å². The van der Waals surface area contributed by atoms with Gasteiger partial charge in [0, 0.05) is 18.3 Å². The molecule has 7 atom stereocenters. The van der Waals surface area contributed by atoms with E-state index in [-0.39, 0.29) is 30.1 Å². The van der Waals surface area contributed by atoms with Crippen molar-refractivity contribution in [1.82, 2.24) is 4.98 Å². The van der Waals surface area contributed by atoms with Crippen LogP contribution >= 0.6 is 11.3 Å². The van der Waals surface area contributed by atoms with Crippen LogP contribution in [0.25, 0.3) is 10.4 Å². The molecule has 4 unspecified atom stereocenters. The molecule has 38 heavy (non-hydrogen) atoms. The zero-order chi connectivity index (χ0) is 27.7. The smallest absolute Gasteiger partial charge is 0.212 e. The second-order valence-corrected chi connectivity index (χ2v) is 11.9. The number of halogens is 1. The Kier molecular flexibility index (Phi) is 8.54. The Morgan fingerprint density at radius 1 is 1.21 bits per heavy atom. The van der Waals surface area contributed by atoms with Gasteiger partial charge < -0.3 is 9.84 Å². The van der Waals surface area contributed by atoms with Crippen LogP contribution in [0.5, 0.6) is 0 Å². The first kappa shape index (κ1) is 28.2. The molecule has 5 nitrogen and oxygen atoms in total. The number of aryl methyl sites for hydroxylation is 2. The summed E-state index contributed by atoms with van der Waals surface area (Å²) >= 11 is 1.59. The fourth-order valence-electron chi connectivity index (χ4n) is 5.86. The third kappa shape index (κ3) is 5.62. The van der Waals surface area contributed by atoms with Crippen molar-refractivity contribution in [2.24, 2.45) is 23.7 Å². The lowest BCUT2D eigenvalue weighted by atomic mass is 9.75. The number of benzene rings is 1. The van der Waals surface area contributed by atoms with Gasteiger partial charge in [-0.15, -0.1) is 11.3 Å². The first-order chi connectivity index (χ1) is 18.0. The lowest BCUT2D eigenvalue weighted by Gasteiger charge is -2.29. The number of carbonyl (C=O) groups is 2. The van der Waals surface area contributed by atoms with Crippen LogP contribution in [-0.4, -0.2) is 40.0 Å². The quantitative estimate of drug-likeness (QED) is 0.348. The van der Waals surface area contributed by atoms with Gasteiger partial charge in [-0.25, -0.2) is 9.37 Å². The molecule has 0 spiro atoms. The number of Topliss-reactive ketones (excluding diaryl/α,β-unsaturated/α-hetero) is 2. The molecule has 0 amide bonds. The summed E-state index contributed by atoms with van der Waals surface area (Å²) in [6, 6.07) is 6.11. The molecule has 2 heterocycles. The van der Waals surface area contributed by atoms with E-state index in [9.17, 15) is 14.7 Å². The summed E-state index contributed by atoms with van der Waals surface area (Å²) in [5.41, 5.74) is 6.95. The molecule has 0 radical (unpaired) electrons. The van der Waals surface area contributed by atoms with Crippen LogP contribution in [0.1, 0.15) is 63.3 Å². The molecule has 1 saturated carbocycles. The molecule has 1 aliphatic carbocycles. The van der Waals surface area contributed by atoms with Gasteiger partial charge in [0.25, 0.3) is 0 Å². The van der Waals surface area contributed by atoms with Crippen molar-refractivity contribution in [3.8, 4) is 22.3 Å². The number of carbonyl (C=O) groups excluding carboxylic acids is 2. The highest BCUT2D eigenvalue weighted by molar-refractivity contribution is 7.13. The predicted octanol–water partition coefficient (Wildman–Crippen LogP) is 5.97. The van der Waals surface area contributed by atoms with Gasteiger partial charge in [-0.3, -0.25) is 9.59 Å². The van der Waals surface area contributed by atoms with Crippen LogP contribution in [0.15, 0.2) is 35.5 Å². The van der Waals surface area contributed by atoms with Gasteiger partial charge in [-0.2, -0.15) is 0 Å². The molecule has 0 bridgehead atoms. The molecule has 202 valence electrons. The number of aromatic nitrogens is 1. The highest BCUT2D eigenvalue weighted by atomic mass is 32.1. The van der Waals surface area contributed by atoms with Crippen molar-refractivity contribution in [3.63, 3.8) is 0 Å². The number of alkyl halides is 1. The molecule has 2 aliphatic rings. The van der Waals surface area contributed by atoms with E-state index in [0.717, 1.165) is 32.8 Å². The van der Waals surface area contributed by atoms with Crippen LogP contribution in [0.3, 0.4) is 0 Å². The molecule has 1 aliphatic heterocycles. The van der Waals surface area contributed by atoms with Gasteiger partial charge in [-0.1, -0.05) is 38.0 Å². The van der Waals surface area contributed by atoms with E-state index in [0.29, 0.717) is 6.42 Å². The van der Waals surface area contributed by atoms with Gasteiger partial charge in [0.15, 0.2) is 0 Å². The molecule has 1 N–H and O–H groups in total. The number of thiazole rings is 1. The van der Waals surface area contributed by atoms with Crippen LogP contribution in [0, 0.1) is 49.4 Å². The number of ether oxygens (including phenoxy) is 1. The monoisotopic (exact) mass is 537 g/mol. The summed E-state index contributed by atoms with van der Waals surface area (Å²) in [6.07, 6.45) is -1.30. The standard InChI is InChI=1S/C31H36FNO4S/c1-16(2)27(26-11-17(3)14-37-26)30(36)23-13-25(35)29(32)28(23)24(34)10-7-18(4)22-9-8-21(12-19(22)5)31-20(6)33-15-38-31/h8-9,12,14-16,18,23,25-29,35H,11,13H2,1-6H3/t18-,23?,25+,26?,27?,28-,29?/m1/s1. The SMILES string of the molecule is CC1=COC(C(C(=O)C2C[C@H](O)C(F)[C@H]2C(=O)C#C[C@@H](C)c2ccc(-c3scnc3C)cc2C)C(C)C)C1. The summed E-state index contributed by atoms with van der Waals surface area (Å²) in [5.74, 6) is 1.79. The Balaban J connectivity index is 1.53. The summed E-state index contributed by atoms with van der Waals surface area (Å²) in [6.45, 7) is 11.7. The van der Waals surface area contributed by atoms with Crippen molar-refractivity contribution in [1.29, 1.82) is 0 Å². The van der Waals surface area contributed by atoms with Crippen LogP contribution < -0.4 is 0 Å². The number of aliphatic hydroxyl groups is 1. The first-order valence-corrected chi connectivity index (χ1v) is 14.1. The summed E-state index contributed by atoms with van der Waals surface area (Å²) in [4.78, 5) is 32.3. The van der Waals surface area contributed by atoms with E-state index in [1.165, 1.54) is 0 Å². The molecular formula is C31H36FNO4S. The Morgan fingerprint density at radius 3 is 2.53 bits per heavy atom. The van der Waals surface area contributed by atoms with Crippen molar-refractivity contribution < 1.29 is 23.8 Å². The topological polar surface area (TPSA) is 76.5 Å². The Bertz CT molecular complexity index is 1300. The molecule has 2 aromatic rings. The Hall–Kier alpha value is -2.82. The molecule has 1 fully saturated rings. The van der Waals surface area contributed by atoms with E-state index in [2.05, 4.69) is 22.9 Å². The van der Waals surface area contributed by atoms with Gasteiger partial charge in [0.1, 0.15) is 18.1 Å². The number of ketones is 2. The zero-order valence-corrected chi connectivity index (χ0v) is 23.6. The van der Waals surface area contributed by atoms with E-state index < -0.39 is 35.8 Å². The normalized spacial score (nSPS) is 26.3. The molecular weight excluding hydrogens is 501 g/mol. The summed E-state index contributed by atoms with van der Waals surface area (Å²) < 4.78 is 20.9. The lowest BCUT2D eigenvalue weighted by Crippen LogP contribution is -2.40. The van der Waals surface area contributed by atoms with Crippen molar-refractivity contribution in [3.05, 3.63) is 52.4 Å². The lowest BCUT2D eigenvalue weighted by molar-refractivity contribution is -0.137. The fourth-order valence-corrected chi connectivity index (χ4v) is 6.66. The Morgan fingerprint density at radius 2 is 1.95 bits per heavy atom. The van der Waals surface area contributed by atoms with Crippen molar-refractivity contribution in [2.45, 2.75) is 78.7 Å². The summed E-state index contributed by atoms with van der Waals surface area (Å²) in [7, 11) is 0. The van der Waals surface area contributed by atoms with E-state index in [1.807, 2.05) is 59.2 Å². The maximum absolute atomic E-state index is 15.1. The average molecular weight is 538 g/mol. The van der Waals surface area contributed by atoms with Crippen molar-refractivity contribution in [2.75, 3.05) is 0 Å². The number of rotatable bonds is 7. The van der Waals surface area contributed by atoms with E-state index in [4.69, 9.17) is 4.74 Å². The van der Waals surface area contributed by atoms with Gasteiger partial charge >= 0.3 is 0 Å². The number of aliphatic hydroxyl groups excluding tert-OH is 1. The third-order valence-corrected chi connectivity index (χ3v) is 8.86. The number of nitrogens with zero attached hydrogens (tertiary/aromatic N) is 1. The largest absolute Gasteiger partial charge is 0.497 e. The van der Waals surface area contributed by atoms with Crippen molar-refractivity contribution >= 4 is 22.9 Å². The number of hydrogen-bond donors (Lipinski definition) is 1. The highest BCUT2D eigenvalue weighted by Crippen LogP contribution is 2.41. The van der Waals surface area contributed by atoms with Gasteiger partial charge in [-0.05, 0) is 68.2 Å². The van der Waals surface area contributed by atoms with E-state index in [1.54, 1.807) is 17.6 Å². The third-order valence-electron chi connectivity index (χ3n) is 7.88. The predicted molar refractivity (Wildman–Crippen MR) is 147 cm³/mol. The zero-order valence-electron chi connectivity index (χ0n) is 22.8. The minimum atomic E-state index is -1.82. The second kappa shape index (κ2) is 11.5. The molecule has 7 heteroatoms. The van der Waals surface area contributed by atoms with E-state index >= 15 is 4.39 Å². The molecule has 0 saturated heterocycles. The van der Waals surface area contributed by atoms with Gasteiger partial charge in [0.2, 0.25) is 5.78 Å². The highest BCUT2D eigenvalue weighted by Gasteiger charge is 2.52. The average Bonchev–Trinajstić information content (AvgIpc) is 3.56. The molecule has 1 aromatic heterocycles. The van der Waals surface area contributed by atoms with Crippen LogP contribution in [-0.2, 0) is 14.3 Å². The Labute approximate surface area is 228 Å². The maximum Gasteiger partial charge on any atom is 0.212 e. The second-order valence-electron chi connectivity index (χ2n) is 11.1. The fraction of sp³-hybridized carbons (Fsp3) is 0.516. The van der Waals surface area contributed by atoms with Crippen LogP contribution in [0.2, 0.25) is 0 Å². The number of hydrogen-bond acceptors (Lipinski definition) is 6. The van der Waals surface area contributed by atoms with Crippen LogP contribution in [0.4, 0.5) is 4.39 Å². The minimum absolute atomic E-state index is 0.0517. The maximum atomic E-state index is 15.1. The summed E-state index contributed by atoms with van der Waals surface area (Å²) in [5, 5.41) is 10.3. The molecule has 1 aromatic carbocycles.